The zero-order valence-electron chi connectivity index (χ0n) is 27.4. The third-order valence-electron chi connectivity index (χ3n) is 9.50. The molecule has 8 aromatic carbocycles. The third-order valence-corrected chi connectivity index (χ3v) is 9.50. The van der Waals surface area contributed by atoms with E-state index in [1.807, 2.05) is 6.07 Å². The Balaban J connectivity index is 1.30. The van der Waals surface area contributed by atoms with E-state index in [2.05, 4.69) is 199 Å². The van der Waals surface area contributed by atoms with Crippen molar-refractivity contribution in [1.29, 1.82) is 0 Å². The van der Waals surface area contributed by atoms with Gasteiger partial charge in [0.15, 0.2) is 0 Å². The summed E-state index contributed by atoms with van der Waals surface area (Å²) in [6, 6.07) is 70.9. The summed E-state index contributed by atoms with van der Waals surface area (Å²) < 4.78 is 6.83. The van der Waals surface area contributed by atoms with Crippen molar-refractivity contribution < 1.29 is 4.42 Å². The van der Waals surface area contributed by atoms with Gasteiger partial charge in [-0.1, -0.05) is 170 Å². The van der Waals surface area contributed by atoms with E-state index >= 15 is 0 Å². The van der Waals surface area contributed by atoms with E-state index < -0.39 is 0 Å². The number of fused-ring (bicyclic) bond motifs is 2. The number of anilines is 3. The second-order valence-electron chi connectivity index (χ2n) is 12.5. The molecule has 1 heterocycles. The first-order valence-corrected chi connectivity index (χ1v) is 17.0. The molecule has 0 aliphatic heterocycles. The molecule has 1 aromatic heterocycles. The number of hydrogen-bond acceptors (Lipinski definition) is 2. The van der Waals surface area contributed by atoms with Crippen LogP contribution in [0, 0.1) is 0 Å². The van der Waals surface area contributed by atoms with Crippen molar-refractivity contribution in [3.05, 3.63) is 200 Å². The summed E-state index contributed by atoms with van der Waals surface area (Å²) in [5, 5.41) is 3.46. The summed E-state index contributed by atoms with van der Waals surface area (Å²) in [6.45, 7) is 0. The summed E-state index contributed by atoms with van der Waals surface area (Å²) in [5.74, 6) is 0.850. The first-order chi connectivity index (χ1) is 24.8. The van der Waals surface area contributed by atoms with Crippen LogP contribution in [-0.2, 0) is 0 Å². The molecule has 0 spiro atoms. The van der Waals surface area contributed by atoms with Crippen LogP contribution in [0.25, 0.3) is 66.4 Å². The SMILES string of the molecule is c1ccc(-c2ccc(-c3ccccc3N(c3ccccc3-c3oc4ccccc4c3-c3ccccc3)c3cccc4ccccc34)cc2)cc1. The predicted octanol–water partition coefficient (Wildman–Crippen LogP) is 13.7. The molecule has 0 amide bonds. The van der Waals surface area contributed by atoms with Crippen molar-refractivity contribution in [2.24, 2.45) is 0 Å². The van der Waals surface area contributed by atoms with E-state index in [0.717, 1.165) is 61.6 Å². The van der Waals surface area contributed by atoms with Crippen molar-refractivity contribution >= 4 is 38.8 Å². The Bertz CT molecular complexity index is 2580. The molecule has 0 saturated carbocycles. The van der Waals surface area contributed by atoms with Crippen LogP contribution < -0.4 is 4.90 Å². The summed E-state index contributed by atoms with van der Waals surface area (Å²) in [7, 11) is 0. The highest BCUT2D eigenvalue weighted by atomic mass is 16.3. The fourth-order valence-electron chi connectivity index (χ4n) is 7.17. The third kappa shape index (κ3) is 5.24. The molecule has 50 heavy (non-hydrogen) atoms. The van der Waals surface area contributed by atoms with Gasteiger partial charge in [-0.15, -0.1) is 0 Å². The van der Waals surface area contributed by atoms with Gasteiger partial charge in [0.25, 0.3) is 0 Å². The standard InChI is InChI=1S/C48H33NO/c1-3-16-34(17-4-1)35-30-32-37(33-31-35)40-23-9-12-26-43(40)49(44-28-15-21-36-18-7-8-22-39(36)44)45-27-13-10-24-41(45)48-47(38-19-5-2-6-20-38)42-25-11-14-29-46(42)50-48/h1-33H. The van der Waals surface area contributed by atoms with Crippen LogP contribution in [0.15, 0.2) is 205 Å². The van der Waals surface area contributed by atoms with E-state index in [0.29, 0.717) is 0 Å². The first-order valence-electron chi connectivity index (χ1n) is 17.0. The Morgan fingerprint density at radius 2 is 0.820 bits per heavy atom. The lowest BCUT2D eigenvalue weighted by Gasteiger charge is -2.30. The largest absolute Gasteiger partial charge is 0.455 e. The molecule has 2 heteroatoms. The van der Waals surface area contributed by atoms with Gasteiger partial charge in [0.2, 0.25) is 0 Å². The molecule has 0 atom stereocenters. The Labute approximate surface area is 292 Å². The van der Waals surface area contributed by atoms with Crippen molar-refractivity contribution in [2.75, 3.05) is 4.90 Å². The molecule has 2 nitrogen and oxygen atoms in total. The van der Waals surface area contributed by atoms with Crippen LogP contribution in [0.2, 0.25) is 0 Å². The maximum absolute atomic E-state index is 6.83. The van der Waals surface area contributed by atoms with Crippen molar-refractivity contribution in [3.63, 3.8) is 0 Å². The van der Waals surface area contributed by atoms with Gasteiger partial charge in [-0.05, 0) is 58.0 Å². The molecule has 236 valence electrons. The number of hydrogen-bond donors (Lipinski definition) is 0. The molecule has 0 aliphatic carbocycles. The maximum atomic E-state index is 6.83. The van der Waals surface area contributed by atoms with Gasteiger partial charge >= 0.3 is 0 Å². The summed E-state index contributed by atoms with van der Waals surface area (Å²) in [4.78, 5) is 2.42. The zero-order valence-corrected chi connectivity index (χ0v) is 27.4. The van der Waals surface area contributed by atoms with E-state index in [9.17, 15) is 0 Å². The Morgan fingerprint density at radius 3 is 1.58 bits per heavy atom. The average molecular weight is 640 g/mol. The van der Waals surface area contributed by atoms with E-state index in [1.165, 1.54) is 21.9 Å². The molecular weight excluding hydrogens is 607 g/mol. The highest BCUT2D eigenvalue weighted by Crippen LogP contribution is 2.49. The lowest BCUT2D eigenvalue weighted by molar-refractivity contribution is 0.632. The minimum Gasteiger partial charge on any atom is -0.455 e. The molecule has 0 unspecified atom stereocenters. The molecule has 9 rings (SSSR count). The minimum absolute atomic E-state index is 0.850. The lowest BCUT2D eigenvalue weighted by Crippen LogP contribution is -2.13. The highest BCUT2D eigenvalue weighted by molar-refractivity contribution is 6.07. The normalized spacial score (nSPS) is 11.2. The lowest BCUT2D eigenvalue weighted by atomic mass is 9.95. The van der Waals surface area contributed by atoms with E-state index in [4.69, 9.17) is 4.42 Å². The van der Waals surface area contributed by atoms with E-state index in [-0.39, 0.29) is 0 Å². The molecule has 0 fully saturated rings. The fourth-order valence-corrected chi connectivity index (χ4v) is 7.17. The molecule has 0 radical (unpaired) electrons. The van der Waals surface area contributed by atoms with Crippen molar-refractivity contribution in [1.82, 2.24) is 0 Å². The Kier molecular flexibility index (Phi) is 7.53. The van der Waals surface area contributed by atoms with Gasteiger partial charge in [0.1, 0.15) is 11.3 Å². The summed E-state index contributed by atoms with van der Waals surface area (Å²) >= 11 is 0. The Hall–Kier alpha value is -6.64. The van der Waals surface area contributed by atoms with Gasteiger partial charge in [-0.3, -0.25) is 0 Å². The second-order valence-corrected chi connectivity index (χ2v) is 12.5. The predicted molar refractivity (Wildman–Crippen MR) is 210 cm³/mol. The number of nitrogens with zero attached hydrogens (tertiary/aromatic N) is 1. The van der Waals surface area contributed by atoms with Crippen molar-refractivity contribution in [3.8, 4) is 44.7 Å². The molecule has 0 N–H and O–H groups in total. The fraction of sp³-hybridized carbons (Fsp3) is 0. The van der Waals surface area contributed by atoms with Crippen LogP contribution in [-0.4, -0.2) is 0 Å². The molecule has 0 aliphatic rings. The Morgan fingerprint density at radius 1 is 0.320 bits per heavy atom. The van der Waals surface area contributed by atoms with Gasteiger partial charge in [0, 0.05) is 27.5 Å². The van der Waals surface area contributed by atoms with Crippen LogP contribution >= 0.6 is 0 Å². The van der Waals surface area contributed by atoms with Gasteiger partial charge in [0.05, 0.1) is 17.1 Å². The van der Waals surface area contributed by atoms with Gasteiger partial charge in [-0.25, -0.2) is 0 Å². The quantitative estimate of drug-likeness (QED) is 0.173. The van der Waals surface area contributed by atoms with Crippen LogP contribution in [0.4, 0.5) is 17.1 Å². The maximum Gasteiger partial charge on any atom is 0.145 e. The number of benzene rings is 8. The first kappa shape index (κ1) is 29.5. The molecule has 0 bridgehead atoms. The topological polar surface area (TPSA) is 16.4 Å². The van der Waals surface area contributed by atoms with Gasteiger partial charge < -0.3 is 9.32 Å². The molecular formula is C48H33NO. The summed E-state index contributed by atoms with van der Waals surface area (Å²) in [6.07, 6.45) is 0. The zero-order chi connectivity index (χ0) is 33.3. The monoisotopic (exact) mass is 639 g/mol. The molecule has 9 aromatic rings. The van der Waals surface area contributed by atoms with Crippen LogP contribution in [0.3, 0.4) is 0 Å². The average Bonchev–Trinajstić information content (AvgIpc) is 3.59. The number of rotatable bonds is 7. The number of para-hydroxylation sites is 3. The van der Waals surface area contributed by atoms with Crippen molar-refractivity contribution in [2.45, 2.75) is 0 Å². The van der Waals surface area contributed by atoms with Crippen LogP contribution in [0.5, 0.6) is 0 Å². The minimum atomic E-state index is 0.850. The van der Waals surface area contributed by atoms with Crippen LogP contribution in [0.1, 0.15) is 0 Å². The summed E-state index contributed by atoms with van der Waals surface area (Å²) in [5.41, 5.74) is 12.0. The van der Waals surface area contributed by atoms with E-state index in [1.54, 1.807) is 0 Å². The smallest absolute Gasteiger partial charge is 0.145 e. The van der Waals surface area contributed by atoms with Gasteiger partial charge in [-0.2, -0.15) is 0 Å². The second kappa shape index (κ2) is 12.8. The highest BCUT2D eigenvalue weighted by Gasteiger charge is 2.25. The number of furan rings is 1. The molecule has 0 saturated heterocycles.